The van der Waals surface area contributed by atoms with Gasteiger partial charge in [-0.2, -0.15) is 0 Å². The highest BCUT2D eigenvalue weighted by atomic mass is 32.1. The summed E-state index contributed by atoms with van der Waals surface area (Å²) >= 11 is 1.45. The molecule has 0 saturated heterocycles. The van der Waals surface area contributed by atoms with Crippen molar-refractivity contribution in [3.63, 3.8) is 0 Å². The topological polar surface area (TPSA) is 116 Å². The number of aromatic hydroxyl groups is 1. The molecule has 3 aromatic heterocycles. The van der Waals surface area contributed by atoms with Crippen LogP contribution in [0.3, 0.4) is 0 Å². The van der Waals surface area contributed by atoms with Gasteiger partial charge in [0, 0.05) is 24.5 Å². The number of hydrogen-bond donors (Lipinski definition) is 4. The van der Waals surface area contributed by atoms with E-state index in [9.17, 15) is 9.90 Å². The number of aromatic nitrogens is 4. The van der Waals surface area contributed by atoms with Crippen molar-refractivity contribution >= 4 is 28.3 Å². The third kappa shape index (κ3) is 4.76. The van der Waals surface area contributed by atoms with Crippen LogP contribution in [0.1, 0.15) is 27.0 Å². The van der Waals surface area contributed by atoms with E-state index in [-0.39, 0.29) is 18.2 Å². The molecule has 148 valence electrons. The number of nitrogens with one attached hydrogen (secondary N) is 3. The van der Waals surface area contributed by atoms with Gasteiger partial charge in [0.05, 0.1) is 29.1 Å². The second-order valence-corrected chi connectivity index (χ2v) is 7.35. The summed E-state index contributed by atoms with van der Waals surface area (Å²) in [4.78, 5) is 28.5. The van der Waals surface area contributed by atoms with Crippen LogP contribution in [0.25, 0.3) is 11.0 Å². The second kappa shape index (κ2) is 8.80. The van der Waals surface area contributed by atoms with E-state index in [1.54, 1.807) is 17.6 Å². The Kier molecular flexibility index (Phi) is 5.78. The van der Waals surface area contributed by atoms with Gasteiger partial charge < -0.3 is 20.7 Å². The third-order valence-corrected chi connectivity index (χ3v) is 5.22. The molecule has 0 aliphatic carbocycles. The zero-order valence-corrected chi connectivity index (χ0v) is 16.4. The quantitative estimate of drug-likeness (QED) is 0.333. The molecular formula is C20H20N6O2S. The first-order valence-corrected chi connectivity index (χ1v) is 10.1. The lowest BCUT2D eigenvalue weighted by Crippen LogP contribution is -2.23. The monoisotopic (exact) mass is 408 g/mol. The summed E-state index contributed by atoms with van der Waals surface area (Å²) in [6.45, 7) is 1.52. The number of benzene rings is 1. The molecule has 0 radical (unpaired) electrons. The fourth-order valence-electron chi connectivity index (χ4n) is 2.84. The van der Waals surface area contributed by atoms with Crippen molar-refractivity contribution in [3.05, 3.63) is 70.2 Å². The molecule has 0 spiro atoms. The summed E-state index contributed by atoms with van der Waals surface area (Å²) in [6.07, 6.45) is 2.29. The smallest absolute Gasteiger partial charge is 0.271 e. The van der Waals surface area contributed by atoms with Crippen molar-refractivity contribution in [2.24, 2.45) is 0 Å². The number of imidazole rings is 1. The van der Waals surface area contributed by atoms with Gasteiger partial charge >= 0.3 is 0 Å². The fraction of sp³-hybridized carbons (Fsp3) is 0.200. The average molecular weight is 408 g/mol. The molecule has 0 aliphatic rings. The molecule has 1 aromatic carbocycles. The lowest BCUT2D eigenvalue weighted by molar-refractivity contribution is 0.0945. The standard InChI is InChI=1S/C20H20N6O2S/c27-17-6-3-8-22-15(17)10-23-20(28)16-12-29-19(26-16)7-9-21-11-18-24-13-4-1-2-5-14(13)25-18/h1-6,8,12,21,27H,7,9-11H2,(H,23,28)(H,24,25). The maximum absolute atomic E-state index is 12.2. The molecule has 1 amide bonds. The number of fused-ring (bicyclic) bond motifs is 1. The minimum absolute atomic E-state index is 0.0577. The first-order valence-electron chi connectivity index (χ1n) is 9.19. The Balaban J connectivity index is 1.23. The van der Waals surface area contributed by atoms with Crippen LogP contribution in [0.15, 0.2) is 48.0 Å². The Hall–Kier alpha value is -3.30. The number of carbonyl (C=O) groups is 1. The summed E-state index contributed by atoms with van der Waals surface area (Å²) in [6, 6.07) is 11.1. The van der Waals surface area contributed by atoms with Crippen LogP contribution in [-0.4, -0.2) is 37.5 Å². The largest absolute Gasteiger partial charge is 0.506 e. The number of aromatic amines is 1. The molecule has 3 heterocycles. The number of carbonyl (C=O) groups excluding carboxylic acids is 1. The van der Waals surface area contributed by atoms with Crippen LogP contribution in [0.2, 0.25) is 0 Å². The maximum Gasteiger partial charge on any atom is 0.271 e. The van der Waals surface area contributed by atoms with Gasteiger partial charge in [0.2, 0.25) is 0 Å². The molecule has 0 atom stereocenters. The van der Waals surface area contributed by atoms with Gasteiger partial charge in [-0.1, -0.05) is 12.1 Å². The summed E-state index contributed by atoms with van der Waals surface area (Å²) in [5.74, 6) is 0.665. The summed E-state index contributed by atoms with van der Waals surface area (Å²) in [7, 11) is 0. The Morgan fingerprint density at radius 1 is 1.14 bits per heavy atom. The summed E-state index contributed by atoms with van der Waals surface area (Å²) in [5, 5.41) is 18.4. The highest BCUT2D eigenvalue weighted by Gasteiger charge is 2.12. The number of para-hydroxylation sites is 2. The molecule has 4 N–H and O–H groups in total. The van der Waals surface area contributed by atoms with E-state index in [0.29, 0.717) is 17.9 Å². The first-order chi connectivity index (χ1) is 14.2. The number of amides is 1. The fourth-order valence-corrected chi connectivity index (χ4v) is 3.62. The van der Waals surface area contributed by atoms with Gasteiger partial charge in [-0.15, -0.1) is 11.3 Å². The minimum atomic E-state index is -0.284. The average Bonchev–Trinajstić information content (AvgIpc) is 3.37. The number of H-pyrrole nitrogens is 1. The van der Waals surface area contributed by atoms with E-state index in [1.165, 1.54) is 17.4 Å². The first kappa shape index (κ1) is 19.0. The van der Waals surface area contributed by atoms with Crippen LogP contribution >= 0.6 is 11.3 Å². The van der Waals surface area contributed by atoms with Crippen molar-refractivity contribution in [2.45, 2.75) is 19.5 Å². The SMILES string of the molecule is O=C(NCc1ncccc1O)c1csc(CCNCc2nc3ccccc3[nH]2)n1. The Labute approximate surface area is 171 Å². The van der Waals surface area contributed by atoms with Crippen molar-refractivity contribution < 1.29 is 9.90 Å². The number of thiazole rings is 1. The van der Waals surface area contributed by atoms with Crippen molar-refractivity contribution in [2.75, 3.05) is 6.54 Å². The zero-order chi connectivity index (χ0) is 20.1. The predicted octanol–water partition coefficient (Wildman–Crippen LogP) is 2.38. The zero-order valence-electron chi connectivity index (χ0n) is 15.6. The van der Waals surface area contributed by atoms with E-state index < -0.39 is 0 Å². The Bertz CT molecular complexity index is 1090. The number of hydrogen-bond acceptors (Lipinski definition) is 7. The molecule has 0 fully saturated rings. The number of rotatable bonds is 8. The Morgan fingerprint density at radius 3 is 2.90 bits per heavy atom. The van der Waals surface area contributed by atoms with E-state index in [0.717, 1.165) is 34.8 Å². The lowest BCUT2D eigenvalue weighted by atomic mass is 10.3. The predicted molar refractivity (Wildman–Crippen MR) is 111 cm³/mol. The van der Waals surface area contributed by atoms with Gasteiger partial charge in [0.1, 0.15) is 23.0 Å². The van der Waals surface area contributed by atoms with Crippen LogP contribution in [0.4, 0.5) is 0 Å². The van der Waals surface area contributed by atoms with Crippen molar-refractivity contribution in [1.82, 2.24) is 30.6 Å². The van der Waals surface area contributed by atoms with Gasteiger partial charge in [-0.25, -0.2) is 9.97 Å². The van der Waals surface area contributed by atoms with E-state index in [1.807, 2.05) is 24.3 Å². The second-order valence-electron chi connectivity index (χ2n) is 6.41. The molecule has 0 bridgehead atoms. The molecular weight excluding hydrogens is 388 g/mol. The number of nitrogens with zero attached hydrogens (tertiary/aromatic N) is 3. The summed E-state index contributed by atoms with van der Waals surface area (Å²) in [5.41, 5.74) is 2.78. The van der Waals surface area contributed by atoms with Crippen molar-refractivity contribution in [3.8, 4) is 5.75 Å². The Morgan fingerprint density at radius 2 is 2.03 bits per heavy atom. The molecule has 0 aliphatic heterocycles. The van der Waals surface area contributed by atoms with Crippen LogP contribution < -0.4 is 10.6 Å². The van der Waals surface area contributed by atoms with Crippen LogP contribution in [0, 0.1) is 0 Å². The van der Waals surface area contributed by atoms with Gasteiger partial charge in [0.25, 0.3) is 5.91 Å². The minimum Gasteiger partial charge on any atom is -0.506 e. The molecule has 0 saturated carbocycles. The normalized spacial score (nSPS) is 11.0. The molecule has 0 unspecified atom stereocenters. The van der Waals surface area contributed by atoms with E-state index in [2.05, 4.69) is 30.6 Å². The van der Waals surface area contributed by atoms with E-state index >= 15 is 0 Å². The molecule has 4 aromatic rings. The molecule has 4 rings (SSSR count). The third-order valence-electron chi connectivity index (χ3n) is 4.31. The molecule has 9 heteroatoms. The van der Waals surface area contributed by atoms with Crippen molar-refractivity contribution in [1.29, 1.82) is 0 Å². The van der Waals surface area contributed by atoms with E-state index in [4.69, 9.17) is 0 Å². The highest BCUT2D eigenvalue weighted by Crippen LogP contribution is 2.14. The van der Waals surface area contributed by atoms with Gasteiger partial charge in [-0.3, -0.25) is 9.78 Å². The van der Waals surface area contributed by atoms with Crippen LogP contribution in [-0.2, 0) is 19.5 Å². The molecule has 8 nitrogen and oxygen atoms in total. The van der Waals surface area contributed by atoms with Gasteiger partial charge in [-0.05, 0) is 24.3 Å². The highest BCUT2D eigenvalue weighted by molar-refractivity contribution is 7.09. The van der Waals surface area contributed by atoms with Gasteiger partial charge in [0.15, 0.2) is 0 Å². The van der Waals surface area contributed by atoms with Crippen LogP contribution in [0.5, 0.6) is 5.75 Å². The summed E-state index contributed by atoms with van der Waals surface area (Å²) < 4.78 is 0. The lowest BCUT2D eigenvalue weighted by Gasteiger charge is -2.04. The molecule has 29 heavy (non-hydrogen) atoms. The maximum atomic E-state index is 12.2. The number of pyridine rings is 1.